The van der Waals surface area contributed by atoms with Crippen LogP contribution in [-0.4, -0.2) is 13.3 Å². The molecule has 2 aromatic rings. The average molecular weight is 390 g/mol. The molecule has 3 N–H and O–H groups in total. The molecule has 0 saturated carbocycles. The van der Waals surface area contributed by atoms with E-state index in [9.17, 15) is 18.5 Å². The van der Waals surface area contributed by atoms with E-state index in [1.54, 1.807) is 13.8 Å². The molecule has 0 radical (unpaired) electrons. The Bertz CT molecular complexity index is 922. The quantitative estimate of drug-likeness (QED) is 0.467. The first-order valence-corrected chi connectivity index (χ1v) is 8.80. The van der Waals surface area contributed by atoms with Crippen LogP contribution in [0.2, 0.25) is 10.0 Å². The van der Waals surface area contributed by atoms with Gasteiger partial charge in [0.2, 0.25) is 0 Å². The molecular formula is C14H13Cl2N3O4S. The van der Waals surface area contributed by atoms with Crippen molar-refractivity contribution in [2.45, 2.75) is 18.7 Å². The molecule has 0 spiro atoms. The van der Waals surface area contributed by atoms with Gasteiger partial charge in [0.15, 0.2) is 0 Å². The summed E-state index contributed by atoms with van der Waals surface area (Å²) in [5.41, 5.74) is 6.41. The monoisotopic (exact) mass is 389 g/mol. The zero-order valence-corrected chi connectivity index (χ0v) is 15.0. The summed E-state index contributed by atoms with van der Waals surface area (Å²) in [7, 11) is -4.08. The highest BCUT2D eigenvalue weighted by Crippen LogP contribution is 2.33. The van der Waals surface area contributed by atoms with Crippen LogP contribution in [0.25, 0.3) is 0 Å². The molecule has 2 rings (SSSR count). The molecule has 0 heterocycles. The zero-order chi connectivity index (χ0) is 18.2. The normalized spacial score (nSPS) is 11.3. The molecule has 0 aromatic heterocycles. The molecule has 0 aliphatic heterocycles. The first kappa shape index (κ1) is 18.3. The Labute approximate surface area is 148 Å². The number of nitrogens with two attached hydrogens (primary N) is 1. The van der Waals surface area contributed by atoms with E-state index < -0.39 is 14.9 Å². The van der Waals surface area contributed by atoms with E-state index in [2.05, 4.69) is 4.72 Å². The van der Waals surface area contributed by atoms with Crippen LogP contribution in [0, 0.1) is 24.0 Å². The van der Waals surface area contributed by atoms with Crippen LogP contribution >= 0.6 is 23.2 Å². The number of anilines is 2. The SMILES string of the molecule is Cc1cc([N+](=O)[O-])cc(S(=O)(=O)Nc2cc(Cl)c(N)c(Cl)c2)c1C. The minimum absolute atomic E-state index is 0.0899. The van der Waals surface area contributed by atoms with Gasteiger partial charge in [0, 0.05) is 12.1 Å². The predicted octanol–water partition coefficient (Wildman–Crippen LogP) is 3.90. The second-order valence-corrected chi connectivity index (χ2v) is 7.57. The van der Waals surface area contributed by atoms with Gasteiger partial charge >= 0.3 is 0 Å². The number of rotatable bonds is 4. The van der Waals surface area contributed by atoms with Crippen molar-refractivity contribution in [3.8, 4) is 0 Å². The number of benzene rings is 2. The molecule has 0 fully saturated rings. The summed E-state index contributed by atoms with van der Waals surface area (Å²) in [4.78, 5) is 10.1. The first-order chi connectivity index (χ1) is 11.0. The number of non-ortho nitro benzene ring substituents is 1. The van der Waals surface area contributed by atoms with Gasteiger partial charge in [-0.2, -0.15) is 0 Å². The van der Waals surface area contributed by atoms with Crippen LogP contribution < -0.4 is 10.5 Å². The Balaban J connectivity index is 2.54. The number of nitrogens with zero attached hydrogens (tertiary/aromatic N) is 1. The number of halogens is 2. The Hall–Kier alpha value is -2.03. The third-order valence-electron chi connectivity index (χ3n) is 3.44. The van der Waals surface area contributed by atoms with E-state index in [0.717, 1.165) is 6.07 Å². The largest absolute Gasteiger partial charge is 0.396 e. The van der Waals surface area contributed by atoms with Crippen molar-refractivity contribution in [1.29, 1.82) is 0 Å². The molecule has 0 aliphatic carbocycles. The molecule has 0 aliphatic rings. The van der Waals surface area contributed by atoms with Gasteiger partial charge < -0.3 is 5.73 Å². The highest BCUT2D eigenvalue weighted by molar-refractivity contribution is 7.92. The Morgan fingerprint density at radius 3 is 2.17 bits per heavy atom. The minimum atomic E-state index is -4.08. The van der Waals surface area contributed by atoms with Crippen molar-refractivity contribution in [3.63, 3.8) is 0 Å². The summed E-state index contributed by atoms with van der Waals surface area (Å²) >= 11 is 11.8. The maximum Gasteiger partial charge on any atom is 0.271 e. The number of sulfonamides is 1. The van der Waals surface area contributed by atoms with E-state index in [1.807, 2.05) is 0 Å². The molecule has 0 bridgehead atoms. The summed E-state index contributed by atoms with van der Waals surface area (Å²) in [6.45, 7) is 3.16. The standard InChI is InChI=1S/C14H13Cl2N3O4S/c1-7-3-10(19(20)21)6-13(8(7)2)24(22,23)18-9-4-11(15)14(17)12(16)5-9/h3-6,18H,17H2,1-2H3. The number of nitro groups is 1. The molecule has 0 amide bonds. The molecule has 128 valence electrons. The molecule has 0 atom stereocenters. The Kier molecular flexibility index (Phi) is 4.93. The van der Waals surface area contributed by atoms with Crippen molar-refractivity contribution >= 4 is 50.3 Å². The second kappa shape index (κ2) is 6.46. The van der Waals surface area contributed by atoms with E-state index >= 15 is 0 Å². The minimum Gasteiger partial charge on any atom is -0.396 e. The lowest BCUT2D eigenvalue weighted by atomic mass is 10.1. The highest BCUT2D eigenvalue weighted by Gasteiger charge is 2.23. The average Bonchev–Trinajstić information content (AvgIpc) is 2.46. The number of nitrogen functional groups attached to an aromatic ring is 1. The van der Waals surface area contributed by atoms with E-state index in [-0.39, 0.29) is 32.0 Å². The van der Waals surface area contributed by atoms with Crippen LogP contribution in [0.15, 0.2) is 29.2 Å². The summed E-state index contributed by atoms with van der Waals surface area (Å²) in [6, 6.07) is 4.93. The lowest BCUT2D eigenvalue weighted by molar-refractivity contribution is -0.385. The Morgan fingerprint density at radius 1 is 1.12 bits per heavy atom. The summed E-state index contributed by atoms with van der Waals surface area (Å²) in [5.74, 6) is 0. The number of nitrogens with one attached hydrogen (secondary N) is 1. The lowest BCUT2D eigenvalue weighted by Crippen LogP contribution is -2.15. The van der Waals surface area contributed by atoms with Gasteiger partial charge in [-0.25, -0.2) is 8.42 Å². The van der Waals surface area contributed by atoms with Crippen LogP contribution in [0.3, 0.4) is 0 Å². The van der Waals surface area contributed by atoms with Gasteiger partial charge in [-0.3, -0.25) is 14.8 Å². The summed E-state index contributed by atoms with van der Waals surface area (Å²) in [6.07, 6.45) is 0. The van der Waals surface area contributed by atoms with Crippen LogP contribution in [0.4, 0.5) is 17.1 Å². The third-order valence-corrected chi connectivity index (χ3v) is 5.57. The van der Waals surface area contributed by atoms with E-state index in [0.29, 0.717) is 11.1 Å². The van der Waals surface area contributed by atoms with Crippen molar-refractivity contribution in [2.75, 3.05) is 10.5 Å². The number of hydrogen-bond acceptors (Lipinski definition) is 5. The van der Waals surface area contributed by atoms with Crippen LogP contribution in [0.1, 0.15) is 11.1 Å². The maximum atomic E-state index is 12.6. The van der Waals surface area contributed by atoms with Gasteiger partial charge in [-0.1, -0.05) is 23.2 Å². The number of nitro benzene ring substituents is 1. The lowest BCUT2D eigenvalue weighted by Gasteiger charge is -2.13. The molecule has 0 saturated heterocycles. The van der Waals surface area contributed by atoms with Gasteiger partial charge in [0.05, 0.1) is 31.2 Å². The summed E-state index contributed by atoms with van der Waals surface area (Å²) < 4.78 is 27.5. The molecule has 10 heteroatoms. The van der Waals surface area contributed by atoms with Gasteiger partial charge in [-0.05, 0) is 37.1 Å². The molecule has 0 unspecified atom stereocenters. The second-order valence-electron chi connectivity index (χ2n) is 5.10. The molecule has 24 heavy (non-hydrogen) atoms. The fraction of sp³-hybridized carbons (Fsp3) is 0.143. The molecule has 7 nitrogen and oxygen atoms in total. The van der Waals surface area contributed by atoms with Gasteiger partial charge in [-0.15, -0.1) is 0 Å². The van der Waals surface area contributed by atoms with E-state index in [4.69, 9.17) is 28.9 Å². The third kappa shape index (κ3) is 3.55. The van der Waals surface area contributed by atoms with E-state index in [1.165, 1.54) is 18.2 Å². The number of hydrogen-bond donors (Lipinski definition) is 2. The van der Waals surface area contributed by atoms with Crippen LogP contribution in [-0.2, 0) is 10.0 Å². The predicted molar refractivity (Wildman–Crippen MR) is 94.3 cm³/mol. The van der Waals surface area contributed by atoms with Crippen LogP contribution in [0.5, 0.6) is 0 Å². The van der Waals surface area contributed by atoms with Gasteiger partial charge in [0.25, 0.3) is 15.7 Å². The maximum absolute atomic E-state index is 12.6. The van der Waals surface area contributed by atoms with Gasteiger partial charge in [0.1, 0.15) is 0 Å². The fourth-order valence-electron chi connectivity index (χ4n) is 2.05. The summed E-state index contributed by atoms with van der Waals surface area (Å²) in [5, 5.41) is 11.2. The van der Waals surface area contributed by atoms with Crippen molar-refractivity contribution < 1.29 is 13.3 Å². The molecule has 2 aromatic carbocycles. The van der Waals surface area contributed by atoms with Crippen molar-refractivity contribution in [2.24, 2.45) is 0 Å². The smallest absolute Gasteiger partial charge is 0.271 e. The number of aryl methyl sites for hydroxylation is 1. The van der Waals surface area contributed by atoms with Crippen molar-refractivity contribution in [3.05, 3.63) is 55.6 Å². The highest BCUT2D eigenvalue weighted by atomic mass is 35.5. The topological polar surface area (TPSA) is 115 Å². The Morgan fingerprint density at radius 2 is 1.67 bits per heavy atom. The van der Waals surface area contributed by atoms with Crippen molar-refractivity contribution in [1.82, 2.24) is 0 Å². The fourth-order valence-corrected chi connectivity index (χ4v) is 3.91. The molecular weight excluding hydrogens is 377 g/mol. The first-order valence-electron chi connectivity index (χ1n) is 6.56. The zero-order valence-electron chi connectivity index (χ0n) is 12.6.